The van der Waals surface area contributed by atoms with Crippen molar-refractivity contribution in [2.24, 2.45) is 0 Å². The minimum Gasteiger partial charge on any atom is -0.300 e. The number of halogens is 1. The Kier molecular flexibility index (Phi) is 6.84. The molecule has 24 heavy (non-hydrogen) atoms. The molecule has 0 saturated heterocycles. The van der Waals surface area contributed by atoms with Crippen molar-refractivity contribution in [3.63, 3.8) is 0 Å². The number of carbonyl (C=O) groups is 1. The molecule has 2 aromatic rings. The van der Waals surface area contributed by atoms with Crippen molar-refractivity contribution < 1.29 is 13.2 Å². The minimum absolute atomic E-state index is 0.00481. The fourth-order valence-electron chi connectivity index (χ4n) is 1.80. The number of rotatable bonds is 8. The van der Waals surface area contributed by atoms with Crippen LogP contribution in [-0.4, -0.2) is 31.1 Å². The van der Waals surface area contributed by atoms with E-state index in [1.807, 2.05) is 6.92 Å². The van der Waals surface area contributed by atoms with Crippen molar-refractivity contribution >= 4 is 48.3 Å². The molecular weight excluding hydrogens is 416 g/mol. The number of nitrogens with one attached hydrogen (secondary N) is 2. The second-order valence-corrected chi connectivity index (χ2v) is 8.65. The average Bonchev–Trinajstić information content (AvgIpc) is 2.95. The second kappa shape index (κ2) is 8.65. The minimum atomic E-state index is -3.62. The molecule has 1 aromatic carbocycles. The number of nitrogens with zero attached hydrogens (tertiary/aromatic N) is 2. The normalized spacial score (nSPS) is 11.4. The molecule has 0 saturated carbocycles. The van der Waals surface area contributed by atoms with Crippen LogP contribution >= 0.6 is 27.3 Å². The predicted octanol–water partition coefficient (Wildman–Crippen LogP) is 2.56. The third-order valence-electron chi connectivity index (χ3n) is 2.95. The van der Waals surface area contributed by atoms with E-state index in [9.17, 15) is 13.2 Å². The average molecular weight is 433 g/mol. The molecule has 0 aliphatic carbocycles. The van der Waals surface area contributed by atoms with Crippen molar-refractivity contribution in [3.8, 4) is 0 Å². The van der Waals surface area contributed by atoms with Gasteiger partial charge in [-0.15, -0.1) is 10.2 Å². The molecular formula is C14H17BrN4O3S2. The topological polar surface area (TPSA) is 101 Å². The lowest BCUT2D eigenvalue weighted by atomic mass is 10.4. The molecule has 1 amide bonds. The van der Waals surface area contributed by atoms with Gasteiger partial charge in [-0.3, -0.25) is 4.79 Å². The van der Waals surface area contributed by atoms with Gasteiger partial charge >= 0.3 is 0 Å². The zero-order chi connectivity index (χ0) is 17.6. The smallest absolute Gasteiger partial charge is 0.240 e. The highest BCUT2D eigenvalue weighted by molar-refractivity contribution is 9.10. The maximum Gasteiger partial charge on any atom is 0.240 e. The zero-order valence-electron chi connectivity index (χ0n) is 13.0. The second-order valence-electron chi connectivity index (χ2n) is 4.90. The lowest BCUT2D eigenvalue weighted by Gasteiger charge is -2.06. The number of hydrogen-bond acceptors (Lipinski definition) is 6. The third-order valence-corrected chi connectivity index (χ3v) is 5.85. The van der Waals surface area contributed by atoms with Crippen LogP contribution in [0.2, 0.25) is 0 Å². The summed E-state index contributed by atoms with van der Waals surface area (Å²) in [5.74, 6) is -0.312. The predicted molar refractivity (Wildman–Crippen MR) is 96.5 cm³/mol. The third kappa shape index (κ3) is 5.62. The number of amides is 1. The van der Waals surface area contributed by atoms with E-state index >= 15 is 0 Å². The Hall–Kier alpha value is -1.36. The van der Waals surface area contributed by atoms with Gasteiger partial charge in [-0.25, -0.2) is 13.1 Å². The van der Waals surface area contributed by atoms with E-state index in [0.717, 1.165) is 22.3 Å². The fraction of sp³-hybridized carbons (Fsp3) is 0.357. The van der Waals surface area contributed by atoms with Gasteiger partial charge in [0.05, 0.1) is 4.90 Å². The van der Waals surface area contributed by atoms with E-state index in [1.54, 1.807) is 12.1 Å². The van der Waals surface area contributed by atoms with Crippen molar-refractivity contribution in [2.45, 2.75) is 31.1 Å². The van der Waals surface area contributed by atoms with Crippen LogP contribution in [0.3, 0.4) is 0 Å². The van der Waals surface area contributed by atoms with Crippen LogP contribution in [0.25, 0.3) is 0 Å². The monoisotopic (exact) mass is 432 g/mol. The molecule has 10 heteroatoms. The molecule has 1 aromatic heterocycles. The summed E-state index contributed by atoms with van der Waals surface area (Å²) in [5.41, 5.74) is 0. The van der Waals surface area contributed by atoms with Crippen LogP contribution < -0.4 is 10.0 Å². The standard InChI is InChI=1S/C14H17BrN4O3S2/c1-2-3-13-18-19-14(23-13)17-12(20)8-9-16-24(21,22)11-6-4-10(15)5-7-11/h4-7,16H,2-3,8-9H2,1H3,(H,17,19,20). The molecule has 0 radical (unpaired) electrons. The van der Waals surface area contributed by atoms with E-state index in [-0.39, 0.29) is 23.8 Å². The molecule has 1 heterocycles. The summed E-state index contributed by atoms with van der Waals surface area (Å²) in [4.78, 5) is 12.0. The van der Waals surface area contributed by atoms with Gasteiger partial charge in [0.2, 0.25) is 21.1 Å². The fourth-order valence-corrected chi connectivity index (χ4v) is 3.95. The van der Waals surface area contributed by atoms with Gasteiger partial charge < -0.3 is 5.32 Å². The Morgan fingerprint density at radius 3 is 2.62 bits per heavy atom. The number of aromatic nitrogens is 2. The van der Waals surface area contributed by atoms with Crippen molar-refractivity contribution in [3.05, 3.63) is 33.7 Å². The summed E-state index contributed by atoms with van der Waals surface area (Å²) >= 11 is 4.57. The number of benzene rings is 1. The van der Waals surface area contributed by atoms with Gasteiger partial charge in [0.15, 0.2) is 0 Å². The van der Waals surface area contributed by atoms with Crippen LogP contribution in [0.1, 0.15) is 24.8 Å². The van der Waals surface area contributed by atoms with Crippen molar-refractivity contribution in [1.29, 1.82) is 0 Å². The molecule has 0 aliphatic rings. The van der Waals surface area contributed by atoms with E-state index in [2.05, 4.69) is 36.2 Å². The highest BCUT2D eigenvalue weighted by Crippen LogP contribution is 2.17. The van der Waals surface area contributed by atoms with Gasteiger partial charge in [0, 0.05) is 23.9 Å². The van der Waals surface area contributed by atoms with Gasteiger partial charge in [0.25, 0.3) is 0 Å². The summed E-state index contributed by atoms with van der Waals surface area (Å²) < 4.78 is 27.4. The quantitative estimate of drug-likeness (QED) is 0.667. The van der Waals surface area contributed by atoms with Crippen LogP contribution in [0, 0.1) is 0 Å². The zero-order valence-corrected chi connectivity index (χ0v) is 16.2. The Morgan fingerprint density at radius 2 is 1.96 bits per heavy atom. The first-order valence-corrected chi connectivity index (χ1v) is 10.4. The highest BCUT2D eigenvalue weighted by atomic mass is 79.9. The van der Waals surface area contributed by atoms with Crippen LogP contribution in [0.4, 0.5) is 5.13 Å². The van der Waals surface area contributed by atoms with Crippen molar-refractivity contribution in [1.82, 2.24) is 14.9 Å². The van der Waals surface area contributed by atoms with Crippen LogP contribution in [0.5, 0.6) is 0 Å². The van der Waals surface area contributed by atoms with Crippen molar-refractivity contribution in [2.75, 3.05) is 11.9 Å². The summed E-state index contributed by atoms with van der Waals surface area (Å²) in [7, 11) is -3.62. The largest absolute Gasteiger partial charge is 0.300 e. The van der Waals surface area contributed by atoms with Crippen LogP contribution in [0.15, 0.2) is 33.6 Å². The van der Waals surface area contributed by atoms with E-state index in [1.165, 1.54) is 23.5 Å². The highest BCUT2D eigenvalue weighted by Gasteiger charge is 2.14. The van der Waals surface area contributed by atoms with Gasteiger partial charge in [-0.2, -0.15) is 0 Å². The first-order chi connectivity index (χ1) is 11.4. The summed E-state index contributed by atoms with van der Waals surface area (Å²) in [6.07, 6.45) is 1.79. The first-order valence-electron chi connectivity index (χ1n) is 7.28. The van der Waals surface area contributed by atoms with E-state index < -0.39 is 10.0 Å². The lowest BCUT2D eigenvalue weighted by molar-refractivity contribution is -0.116. The molecule has 0 spiro atoms. The molecule has 0 bridgehead atoms. The summed E-state index contributed by atoms with van der Waals surface area (Å²) in [6, 6.07) is 6.27. The van der Waals surface area contributed by atoms with Gasteiger partial charge in [0.1, 0.15) is 5.01 Å². The first kappa shape index (κ1) is 19.0. The number of aryl methyl sites for hydroxylation is 1. The van der Waals surface area contributed by atoms with E-state index in [0.29, 0.717) is 5.13 Å². The Balaban J connectivity index is 1.82. The molecule has 0 aliphatic heterocycles. The number of carbonyl (C=O) groups excluding carboxylic acids is 1. The Morgan fingerprint density at radius 1 is 1.25 bits per heavy atom. The molecule has 2 N–H and O–H groups in total. The molecule has 7 nitrogen and oxygen atoms in total. The summed E-state index contributed by atoms with van der Waals surface area (Å²) in [6.45, 7) is 2.04. The molecule has 0 unspecified atom stereocenters. The number of sulfonamides is 1. The van der Waals surface area contributed by atoms with Gasteiger partial charge in [-0.05, 0) is 30.7 Å². The molecule has 0 fully saturated rings. The molecule has 0 atom stereocenters. The Bertz CT molecular complexity index is 791. The Labute approximate surface area is 153 Å². The van der Waals surface area contributed by atoms with Crippen LogP contribution in [-0.2, 0) is 21.2 Å². The summed E-state index contributed by atoms with van der Waals surface area (Å²) in [5, 5.41) is 11.8. The number of hydrogen-bond donors (Lipinski definition) is 2. The molecule has 130 valence electrons. The maximum atomic E-state index is 12.1. The van der Waals surface area contributed by atoms with E-state index in [4.69, 9.17) is 0 Å². The lowest BCUT2D eigenvalue weighted by Crippen LogP contribution is -2.27. The molecule has 2 rings (SSSR count). The number of anilines is 1. The maximum absolute atomic E-state index is 12.1. The SMILES string of the molecule is CCCc1nnc(NC(=O)CCNS(=O)(=O)c2ccc(Br)cc2)s1. The van der Waals surface area contributed by atoms with Gasteiger partial charge in [-0.1, -0.05) is 34.2 Å².